The zero-order valence-electron chi connectivity index (χ0n) is 17.6. The molecule has 0 saturated carbocycles. The third kappa shape index (κ3) is 5.87. The van der Waals surface area contributed by atoms with E-state index in [1.165, 1.54) is 18.2 Å². The number of nitrogens with zero attached hydrogens (tertiary/aromatic N) is 1. The molecular formula is C24H27N3O5. The van der Waals surface area contributed by atoms with E-state index in [0.29, 0.717) is 29.8 Å². The third-order valence-electron chi connectivity index (χ3n) is 5.25. The fraction of sp³-hybridized carbons (Fsp3) is 0.292. The molecule has 0 bridgehead atoms. The van der Waals surface area contributed by atoms with Crippen LogP contribution in [0.2, 0.25) is 0 Å². The lowest BCUT2D eigenvalue weighted by Crippen LogP contribution is -2.22. The van der Waals surface area contributed by atoms with Gasteiger partial charge < -0.3 is 26.4 Å². The first-order valence-electron chi connectivity index (χ1n) is 10.4. The van der Waals surface area contributed by atoms with Crippen molar-refractivity contribution in [2.75, 3.05) is 6.54 Å². The fourth-order valence-electron chi connectivity index (χ4n) is 3.64. The van der Waals surface area contributed by atoms with E-state index in [2.05, 4.69) is 4.99 Å². The Morgan fingerprint density at radius 2 is 1.81 bits per heavy atom. The van der Waals surface area contributed by atoms with Crippen molar-refractivity contribution in [2.24, 2.45) is 16.5 Å². The zero-order valence-corrected chi connectivity index (χ0v) is 17.6. The van der Waals surface area contributed by atoms with E-state index < -0.39 is 18.0 Å². The molecule has 0 aliphatic carbocycles. The number of carbonyl (C=O) groups excluding carboxylic acids is 1. The summed E-state index contributed by atoms with van der Waals surface area (Å²) in [6, 6.07) is 11.6. The standard InChI is InChI=1S/C24H27N3O5/c25-24(26)27-13-3-1-2-4-17(28)9-5-15-6-12-20-19(14-15)21(23(30)31)22(32-20)16-7-10-18(29)11-8-16/h5-12,14,21-22,29H,1-4,13H2,(H,30,31)(H4,25,26,27)/b9-5+/t21-,22+/m0/s1. The van der Waals surface area contributed by atoms with Crippen LogP contribution in [0.5, 0.6) is 11.5 Å². The first kappa shape index (κ1) is 22.9. The minimum Gasteiger partial charge on any atom is -0.508 e. The molecule has 1 heterocycles. The molecular weight excluding hydrogens is 410 g/mol. The average Bonchev–Trinajstić information content (AvgIpc) is 3.14. The van der Waals surface area contributed by atoms with Crippen LogP contribution in [-0.4, -0.2) is 34.5 Å². The quantitative estimate of drug-likeness (QED) is 0.193. The molecule has 6 N–H and O–H groups in total. The summed E-state index contributed by atoms with van der Waals surface area (Å²) in [6.45, 7) is 0.555. The minimum atomic E-state index is -1.00. The van der Waals surface area contributed by atoms with E-state index in [1.54, 1.807) is 36.4 Å². The van der Waals surface area contributed by atoms with Crippen LogP contribution in [0, 0.1) is 0 Å². The molecule has 0 unspecified atom stereocenters. The van der Waals surface area contributed by atoms with Crippen LogP contribution in [0.3, 0.4) is 0 Å². The Balaban J connectivity index is 1.63. The minimum absolute atomic E-state index is 0.000317. The number of ether oxygens (including phenoxy) is 1. The number of benzene rings is 2. The number of guanidine groups is 1. The molecule has 2 atom stereocenters. The summed E-state index contributed by atoms with van der Waals surface area (Å²) < 4.78 is 5.91. The van der Waals surface area contributed by atoms with Crippen molar-refractivity contribution < 1.29 is 24.5 Å². The number of hydrogen-bond acceptors (Lipinski definition) is 5. The number of hydrogen-bond donors (Lipinski definition) is 4. The number of aliphatic carboxylic acids is 1. The average molecular weight is 437 g/mol. The number of ketones is 1. The van der Waals surface area contributed by atoms with Crippen LogP contribution < -0.4 is 16.2 Å². The number of carboxylic acids is 1. The maximum absolute atomic E-state index is 12.1. The summed E-state index contributed by atoms with van der Waals surface area (Å²) in [5.74, 6) is -1.21. The molecule has 168 valence electrons. The van der Waals surface area contributed by atoms with Gasteiger partial charge in [-0.15, -0.1) is 0 Å². The second-order valence-electron chi connectivity index (χ2n) is 7.66. The maximum atomic E-state index is 12.1. The number of carboxylic acid groups (broad SMARTS) is 1. The van der Waals surface area contributed by atoms with Crippen molar-refractivity contribution in [3.05, 3.63) is 65.2 Å². The fourth-order valence-corrected chi connectivity index (χ4v) is 3.64. The van der Waals surface area contributed by atoms with Crippen LogP contribution in [-0.2, 0) is 9.59 Å². The Morgan fingerprint density at radius 3 is 2.50 bits per heavy atom. The number of rotatable bonds is 10. The molecule has 0 amide bonds. The summed E-state index contributed by atoms with van der Waals surface area (Å²) in [5.41, 5.74) is 12.5. The van der Waals surface area contributed by atoms with Crippen molar-refractivity contribution >= 4 is 23.8 Å². The van der Waals surface area contributed by atoms with Gasteiger partial charge in [-0.05, 0) is 54.3 Å². The molecule has 0 radical (unpaired) electrons. The molecule has 2 aromatic carbocycles. The highest BCUT2D eigenvalue weighted by Crippen LogP contribution is 2.46. The van der Waals surface area contributed by atoms with E-state index >= 15 is 0 Å². The molecule has 2 aromatic rings. The lowest BCUT2D eigenvalue weighted by atomic mass is 9.90. The largest absolute Gasteiger partial charge is 0.508 e. The lowest BCUT2D eigenvalue weighted by Gasteiger charge is -2.16. The molecule has 8 nitrogen and oxygen atoms in total. The first-order chi connectivity index (χ1) is 15.3. The Kier molecular flexibility index (Phi) is 7.49. The lowest BCUT2D eigenvalue weighted by molar-refractivity contribution is -0.140. The normalized spacial score (nSPS) is 17.0. The van der Waals surface area contributed by atoms with Crippen LogP contribution >= 0.6 is 0 Å². The van der Waals surface area contributed by atoms with Gasteiger partial charge in [0.25, 0.3) is 0 Å². The Morgan fingerprint density at radius 1 is 1.06 bits per heavy atom. The second-order valence-corrected chi connectivity index (χ2v) is 7.66. The highest BCUT2D eigenvalue weighted by atomic mass is 16.5. The highest BCUT2D eigenvalue weighted by molar-refractivity contribution is 5.93. The van der Waals surface area contributed by atoms with Crippen molar-refractivity contribution in [1.82, 2.24) is 0 Å². The van der Waals surface area contributed by atoms with Crippen molar-refractivity contribution in [2.45, 2.75) is 37.7 Å². The number of unbranched alkanes of at least 4 members (excludes halogenated alkanes) is 2. The molecule has 3 rings (SSSR count). The second kappa shape index (κ2) is 10.5. The van der Waals surface area contributed by atoms with Crippen LogP contribution in [0.1, 0.15) is 54.4 Å². The molecule has 8 heteroatoms. The van der Waals surface area contributed by atoms with Crippen molar-refractivity contribution in [3.8, 4) is 11.5 Å². The molecule has 32 heavy (non-hydrogen) atoms. The van der Waals surface area contributed by atoms with E-state index in [0.717, 1.165) is 24.8 Å². The van der Waals surface area contributed by atoms with Gasteiger partial charge in [0.1, 0.15) is 23.5 Å². The molecule has 1 aliphatic heterocycles. The Hall–Kier alpha value is -3.81. The predicted octanol–water partition coefficient (Wildman–Crippen LogP) is 3.11. The maximum Gasteiger partial charge on any atom is 0.315 e. The van der Waals surface area contributed by atoms with Crippen LogP contribution in [0.25, 0.3) is 6.08 Å². The summed E-state index contributed by atoms with van der Waals surface area (Å²) in [5, 5.41) is 19.3. The van der Waals surface area contributed by atoms with E-state index in [9.17, 15) is 19.8 Å². The van der Waals surface area contributed by atoms with Gasteiger partial charge in [0.2, 0.25) is 0 Å². The zero-order chi connectivity index (χ0) is 23.1. The van der Waals surface area contributed by atoms with Crippen molar-refractivity contribution in [1.29, 1.82) is 0 Å². The van der Waals surface area contributed by atoms with Gasteiger partial charge in [-0.25, -0.2) is 0 Å². The van der Waals surface area contributed by atoms with Gasteiger partial charge in [-0.2, -0.15) is 0 Å². The number of fused-ring (bicyclic) bond motifs is 1. The molecule has 0 fully saturated rings. The van der Waals surface area contributed by atoms with Crippen LogP contribution in [0.15, 0.2) is 53.5 Å². The predicted molar refractivity (Wildman–Crippen MR) is 121 cm³/mol. The van der Waals surface area contributed by atoms with Gasteiger partial charge in [-0.3, -0.25) is 14.6 Å². The van der Waals surface area contributed by atoms with Gasteiger partial charge in [-0.1, -0.05) is 30.7 Å². The molecule has 0 saturated heterocycles. The van der Waals surface area contributed by atoms with Gasteiger partial charge in [0, 0.05) is 18.5 Å². The Bertz CT molecular complexity index is 1030. The van der Waals surface area contributed by atoms with E-state index in [1.807, 2.05) is 0 Å². The summed E-state index contributed by atoms with van der Waals surface area (Å²) in [6.07, 6.45) is 5.35. The molecule has 1 aliphatic rings. The Labute approximate surface area is 186 Å². The van der Waals surface area contributed by atoms with Gasteiger partial charge in [0.05, 0.1) is 0 Å². The number of carbonyl (C=O) groups is 2. The van der Waals surface area contributed by atoms with Crippen LogP contribution in [0.4, 0.5) is 0 Å². The number of nitrogens with two attached hydrogens (primary N) is 2. The number of allylic oxidation sites excluding steroid dienone is 1. The number of phenols is 1. The highest BCUT2D eigenvalue weighted by Gasteiger charge is 2.40. The molecule has 0 aromatic heterocycles. The van der Waals surface area contributed by atoms with E-state index in [4.69, 9.17) is 16.2 Å². The van der Waals surface area contributed by atoms with Gasteiger partial charge >= 0.3 is 5.97 Å². The number of aliphatic imine (C=N–C) groups is 1. The number of phenolic OH excluding ortho intramolecular Hbond substituents is 1. The van der Waals surface area contributed by atoms with Crippen molar-refractivity contribution in [3.63, 3.8) is 0 Å². The summed E-state index contributed by atoms with van der Waals surface area (Å²) in [4.78, 5) is 28.0. The third-order valence-corrected chi connectivity index (χ3v) is 5.25. The smallest absolute Gasteiger partial charge is 0.315 e. The SMILES string of the molecule is NC(N)=NCCCCCC(=O)/C=C/c1ccc2c(c1)[C@H](C(=O)O)[C@@H](c1ccc(O)cc1)O2. The topological polar surface area (TPSA) is 148 Å². The number of aromatic hydroxyl groups is 1. The van der Waals surface area contributed by atoms with E-state index in [-0.39, 0.29) is 17.5 Å². The monoisotopic (exact) mass is 437 g/mol. The summed E-state index contributed by atoms with van der Waals surface area (Å²) >= 11 is 0. The molecule has 0 spiro atoms. The summed E-state index contributed by atoms with van der Waals surface area (Å²) in [7, 11) is 0. The first-order valence-corrected chi connectivity index (χ1v) is 10.4. The van der Waals surface area contributed by atoms with Gasteiger partial charge in [0.15, 0.2) is 11.7 Å².